The Morgan fingerprint density at radius 3 is 2.17 bits per heavy atom. The fraction of sp³-hybridized carbons (Fsp3) is 0.103. The lowest BCUT2D eigenvalue weighted by Gasteiger charge is -2.11. The lowest BCUT2D eigenvalue weighted by atomic mass is 10.1. The van der Waals surface area contributed by atoms with Gasteiger partial charge in [0.15, 0.2) is 0 Å². The third kappa shape index (κ3) is 8.40. The van der Waals surface area contributed by atoms with Crippen molar-refractivity contribution in [3.8, 4) is 0 Å². The van der Waals surface area contributed by atoms with Gasteiger partial charge in [-0.05, 0) is 54.1 Å². The maximum atomic E-state index is 12.9. The highest BCUT2D eigenvalue weighted by Crippen LogP contribution is 2.28. The number of rotatable bonds is 12. The highest BCUT2D eigenvalue weighted by molar-refractivity contribution is 7.99. The molecule has 0 aliphatic heterocycles. The zero-order chi connectivity index (χ0) is 29.2. The van der Waals surface area contributed by atoms with Gasteiger partial charge in [0.2, 0.25) is 5.91 Å². The molecule has 0 aliphatic rings. The van der Waals surface area contributed by atoms with Crippen LogP contribution in [0.5, 0.6) is 0 Å². The molecule has 3 N–H and O–H groups in total. The number of nitro groups is 1. The van der Waals surface area contributed by atoms with Crippen molar-refractivity contribution < 1.29 is 22.9 Å². The van der Waals surface area contributed by atoms with Crippen molar-refractivity contribution >= 4 is 50.7 Å². The Morgan fingerprint density at radius 1 is 0.854 bits per heavy atom. The first-order valence-corrected chi connectivity index (χ1v) is 14.9. The summed E-state index contributed by atoms with van der Waals surface area (Å²) in [7, 11) is -4.41. The van der Waals surface area contributed by atoms with E-state index in [4.69, 9.17) is 0 Å². The zero-order valence-corrected chi connectivity index (χ0v) is 23.3. The van der Waals surface area contributed by atoms with E-state index in [0.717, 1.165) is 16.5 Å². The van der Waals surface area contributed by atoms with E-state index in [1.54, 1.807) is 11.8 Å². The normalized spacial score (nSPS) is 10.9. The molecule has 0 atom stereocenters. The van der Waals surface area contributed by atoms with E-state index in [1.165, 1.54) is 36.4 Å². The van der Waals surface area contributed by atoms with Crippen molar-refractivity contribution in [2.75, 3.05) is 22.9 Å². The Kier molecular flexibility index (Phi) is 9.72. The molecular formula is C29H26N4O6S2. The molecule has 4 aromatic rings. The Morgan fingerprint density at radius 2 is 1.51 bits per heavy atom. The average Bonchev–Trinajstić information content (AvgIpc) is 2.96. The van der Waals surface area contributed by atoms with Crippen molar-refractivity contribution in [2.45, 2.75) is 16.2 Å². The summed E-state index contributed by atoms with van der Waals surface area (Å²) in [5, 5.41) is 17.3. The summed E-state index contributed by atoms with van der Waals surface area (Å²) in [6, 6.07) is 28.0. The van der Waals surface area contributed by atoms with Crippen LogP contribution in [0.15, 0.2) is 113 Å². The molecule has 0 bridgehead atoms. The Labute approximate surface area is 241 Å². The second kappa shape index (κ2) is 13.6. The third-order valence-corrected chi connectivity index (χ3v) is 8.11. The van der Waals surface area contributed by atoms with Crippen molar-refractivity contribution in [1.29, 1.82) is 0 Å². The molecule has 0 aromatic heterocycles. The second-order valence-corrected chi connectivity index (χ2v) is 11.6. The number of nitrogens with zero attached hydrogens (tertiary/aromatic N) is 1. The van der Waals surface area contributed by atoms with Gasteiger partial charge in [0, 0.05) is 34.5 Å². The van der Waals surface area contributed by atoms with E-state index >= 15 is 0 Å². The van der Waals surface area contributed by atoms with Crippen LogP contribution in [-0.4, -0.2) is 37.5 Å². The SMILES string of the molecule is O=C(Cc1ccccc1)Nc1ccc(C(=O)NS(=O)(=O)c2ccc(NCCSc3ccccc3)c([N+](=O)[O-])c2)cc1. The topological polar surface area (TPSA) is 148 Å². The molecule has 0 aliphatic carbocycles. The summed E-state index contributed by atoms with van der Waals surface area (Å²) in [5.41, 5.74) is 1.04. The van der Waals surface area contributed by atoms with Crippen LogP contribution in [0.3, 0.4) is 0 Å². The van der Waals surface area contributed by atoms with Crippen LogP contribution in [0.2, 0.25) is 0 Å². The van der Waals surface area contributed by atoms with Crippen LogP contribution >= 0.6 is 11.8 Å². The number of sulfonamides is 1. The molecule has 4 aromatic carbocycles. The number of nitrogens with one attached hydrogen (secondary N) is 3. The van der Waals surface area contributed by atoms with Gasteiger partial charge in [0.1, 0.15) is 5.69 Å². The number of amides is 2. The van der Waals surface area contributed by atoms with E-state index < -0.39 is 31.4 Å². The van der Waals surface area contributed by atoms with Gasteiger partial charge in [-0.3, -0.25) is 19.7 Å². The van der Waals surface area contributed by atoms with Crippen LogP contribution in [0.4, 0.5) is 17.1 Å². The molecule has 0 saturated carbocycles. The molecule has 0 spiro atoms. The first kappa shape index (κ1) is 29.3. The van der Waals surface area contributed by atoms with E-state index in [2.05, 4.69) is 10.6 Å². The Balaban J connectivity index is 1.36. The maximum Gasteiger partial charge on any atom is 0.293 e. The number of carbonyl (C=O) groups excluding carboxylic acids is 2. The molecule has 0 fully saturated rings. The van der Waals surface area contributed by atoms with Gasteiger partial charge in [-0.25, -0.2) is 13.1 Å². The molecule has 2 amide bonds. The number of hydrogen-bond acceptors (Lipinski definition) is 8. The minimum atomic E-state index is -4.41. The summed E-state index contributed by atoms with van der Waals surface area (Å²) in [4.78, 5) is 36.5. The number of carbonyl (C=O) groups is 2. The first-order chi connectivity index (χ1) is 19.7. The first-order valence-electron chi connectivity index (χ1n) is 12.4. The van der Waals surface area contributed by atoms with Gasteiger partial charge < -0.3 is 10.6 Å². The van der Waals surface area contributed by atoms with Crippen molar-refractivity contribution in [2.24, 2.45) is 0 Å². The highest BCUT2D eigenvalue weighted by atomic mass is 32.2. The van der Waals surface area contributed by atoms with Gasteiger partial charge in [0.25, 0.3) is 21.6 Å². The molecule has 10 nitrogen and oxygen atoms in total. The molecule has 12 heteroatoms. The van der Waals surface area contributed by atoms with Crippen LogP contribution in [0, 0.1) is 10.1 Å². The predicted molar refractivity (Wildman–Crippen MR) is 159 cm³/mol. The molecule has 0 radical (unpaired) electrons. The van der Waals surface area contributed by atoms with Gasteiger partial charge in [-0.2, -0.15) is 0 Å². The standard InChI is InChI=1S/C29H26N4O6S2/c34-28(19-21-7-3-1-4-8-21)31-23-13-11-22(12-14-23)29(35)32-41(38,39)25-15-16-26(27(20-25)33(36)37)30-17-18-40-24-9-5-2-6-10-24/h1-16,20,30H,17-19H2,(H,31,34)(H,32,35). The number of anilines is 2. The second-order valence-electron chi connectivity index (χ2n) is 8.75. The molecule has 210 valence electrons. The van der Waals surface area contributed by atoms with Crippen LogP contribution in [-0.2, 0) is 21.2 Å². The van der Waals surface area contributed by atoms with Crippen LogP contribution < -0.4 is 15.4 Å². The monoisotopic (exact) mass is 590 g/mol. The van der Waals surface area contributed by atoms with Crippen molar-refractivity contribution in [1.82, 2.24) is 4.72 Å². The zero-order valence-electron chi connectivity index (χ0n) is 21.6. The largest absolute Gasteiger partial charge is 0.379 e. The number of thioether (sulfide) groups is 1. The number of nitro benzene ring substituents is 1. The van der Waals surface area contributed by atoms with Gasteiger partial charge in [-0.1, -0.05) is 48.5 Å². The Hall–Kier alpha value is -4.68. The fourth-order valence-corrected chi connectivity index (χ4v) is 5.56. The fourth-order valence-electron chi connectivity index (χ4n) is 3.78. The summed E-state index contributed by atoms with van der Waals surface area (Å²) in [5.74, 6) is -0.535. The minimum Gasteiger partial charge on any atom is -0.379 e. The summed E-state index contributed by atoms with van der Waals surface area (Å²) in [6.07, 6.45) is 0.175. The quantitative estimate of drug-likeness (QED) is 0.0894. The maximum absolute atomic E-state index is 12.9. The summed E-state index contributed by atoms with van der Waals surface area (Å²) >= 11 is 1.57. The average molecular weight is 591 g/mol. The van der Waals surface area contributed by atoms with Crippen LogP contribution in [0.25, 0.3) is 0 Å². The highest BCUT2D eigenvalue weighted by Gasteiger charge is 2.24. The van der Waals surface area contributed by atoms with E-state index in [9.17, 15) is 28.1 Å². The Bertz CT molecular complexity index is 1630. The van der Waals surface area contributed by atoms with E-state index in [1.807, 2.05) is 65.4 Å². The summed E-state index contributed by atoms with van der Waals surface area (Å²) < 4.78 is 27.7. The number of hydrogen-bond donors (Lipinski definition) is 3. The number of benzene rings is 4. The minimum absolute atomic E-state index is 0.0262. The molecule has 0 heterocycles. The molecule has 4 rings (SSSR count). The van der Waals surface area contributed by atoms with Crippen molar-refractivity contribution in [3.63, 3.8) is 0 Å². The molecule has 41 heavy (non-hydrogen) atoms. The van der Waals surface area contributed by atoms with E-state index in [-0.39, 0.29) is 23.6 Å². The lowest BCUT2D eigenvalue weighted by Crippen LogP contribution is -2.30. The molecule has 0 unspecified atom stereocenters. The van der Waals surface area contributed by atoms with Gasteiger partial charge >= 0.3 is 0 Å². The lowest BCUT2D eigenvalue weighted by molar-refractivity contribution is -0.384. The van der Waals surface area contributed by atoms with Gasteiger partial charge in [-0.15, -0.1) is 11.8 Å². The summed E-state index contributed by atoms with van der Waals surface area (Å²) in [6.45, 7) is 0.409. The van der Waals surface area contributed by atoms with Crippen molar-refractivity contribution in [3.05, 3.63) is 124 Å². The predicted octanol–water partition coefficient (Wildman–Crippen LogP) is 5.10. The van der Waals surface area contributed by atoms with Crippen LogP contribution in [0.1, 0.15) is 15.9 Å². The third-order valence-electron chi connectivity index (χ3n) is 5.77. The van der Waals surface area contributed by atoms with E-state index in [0.29, 0.717) is 18.0 Å². The smallest absolute Gasteiger partial charge is 0.293 e. The van der Waals surface area contributed by atoms with Gasteiger partial charge in [0.05, 0.1) is 16.2 Å². The molecular weight excluding hydrogens is 564 g/mol. The molecule has 0 saturated heterocycles.